The summed E-state index contributed by atoms with van der Waals surface area (Å²) in [6, 6.07) is 19.9. The van der Waals surface area contributed by atoms with Gasteiger partial charge in [0, 0.05) is 0 Å². The number of nitrogens with zero attached hydrogens (tertiary/aromatic N) is 1. The summed E-state index contributed by atoms with van der Waals surface area (Å²) in [5.41, 5.74) is 3.10. The molecule has 0 fully saturated rings. The Morgan fingerprint density at radius 1 is 1.00 bits per heavy atom. The molecule has 0 saturated heterocycles. The molecule has 1 N–H and O–H groups in total. The molecule has 2 aromatic carbocycles. The first-order chi connectivity index (χ1) is 10.3. The lowest BCUT2D eigenvalue weighted by Gasteiger charge is -2.06. The zero-order valence-corrected chi connectivity index (χ0v) is 12.7. The first-order valence-corrected chi connectivity index (χ1v) is 7.89. The van der Waals surface area contributed by atoms with Gasteiger partial charge in [0.05, 0.1) is 10.6 Å². The molecule has 1 atom stereocenters. The maximum Gasteiger partial charge on any atom is 0.131 e. The third-order valence-corrected chi connectivity index (χ3v) is 4.63. The molecule has 3 aromatic rings. The fourth-order valence-corrected chi connectivity index (χ4v) is 3.49. The van der Waals surface area contributed by atoms with Crippen LogP contribution in [0.5, 0.6) is 0 Å². The average molecular weight is 295 g/mol. The van der Waals surface area contributed by atoms with E-state index in [1.54, 1.807) is 11.3 Å². The van der Waals surface area contributed by atoms with Crippen LogP contribution >= 0.6 is 11.3 Å². The summed E-state index contributed by atoms with van der Waals surface area (Å²) < 4.78 is 0. The highest BCUT2D eigenvalue weighted by atomic mass is 32.1. The predicted molar refractivity (Wildman–Crippen MR) is 87.4 cm³/mol. The third kappa shape index (κ3) is 2.89. The number of aliphatic hydroxyl groups is 1. The molecular weight excluding hydrogens is 278 g/mol. The van der Waals surface area contributed by atoms with E-state index in [4.69, 9.17) is 0 Å². The van der Waals surface area contributed by atoms with Gasteiger partial charge in [-0.15, -0.1) is 11.3 Å². The van der Waals surface area contributed by atoms with Gasteiger partial charge in [0.1, 0.15) is 11.1 Å². The number of rotatable bonds is 4. The molecule has 0 aliphatic rings. The lowest BCUT2D eigenvalue weighted by molar-refractivity contribution is 0.219. The molecule has 106 valence electrons. The van der Waals surface area contributed by atoms with Crippen LogP contribution in [0.3, 0.4) is 0 Å². The normalized spacial score (nSPS) is 12.3. The van der Waals surface area contributed by atoms with Crippen molar-refractivity contribution in [2.24, 2.45) is 0 Å². The average Bonchev–Trinajstić information content (AvgIpc) is 3.00. The molecule has 1 unspecified atom stereocenters. The molecule has 0 aliphatic heterocycles. The SMILES string of the molecule is CCc1nc(C(O)c2ccccc2)sc1-c1ccccc1. The van der Waals surface area contributed by atoms with Crippen LogP contribution in [0.25, 0.3) is 10.4 Å². The molecule has 0 amide bonds. The van der Waals surface area contributed by atoms with E-state index in [2.05, 4.69) is 24.0 Å². The summed E-state index contributed by atoms with van der Waals surface area (Å²) in [5, 5.41) is 11.3. The summed E-state index contributed by atoms with van der Waals surface area (Å²) >= 11 is 1.58. The van der Waals surface area contributed by atoms with Crippen LogP contribution in [0.15, 0.2) is 60.7 Å². The highest BCUT2D eigenvalue weighted by Gasteiger charge is 2.18. The Hall–Kier alpha value is -1.97. The van der Waals surface area contributed by atoms with Crippen molar-refractivity contribution in [1.82, 2.24) is 4.98 Å². The van der Waals surface area contributed by atoms with Gasteiger partial charge < -0.3 is 5.11 Å². The van der Waals surface area contributed by atoms with Crippen LogP contribution in [0.2, 0.25) is 0 Å². The molecule has 0 spiro atoms. The fourth-order valence-electron chi connectivity index (χ4n) is 2.32. The minimum absolute atomic E-state index is 0.654. The molecule has 0 radical (unpaired) electrons. The van der Waals surface area contributed by atoms with Crippen LogP contribution in [0.4, 0.5) is 0 Å². The van der Waals surface area contributed by atoms with Gasteiger partial charge in [0.2, 0.25) is 0 Å². The standard InChI is InChI=1S/C18H17NOS/c1-2-15-17(14-11-7-4-8-12-14)21-18(19-15)16(20)13-9-5-3-6-10-13/h3-12,16,20H,2H2,1H3. The number of hydrogen-bond acceptors (Lipinski definition) is 3. The van der Waals surface area contributed by atoms with Crippen molar-refractivity contribution in [2.45, 2.75) is 19.4 Å². The molecule has 21 heavy (non-hydrogen) atoms. The van der Waals surface area contributed by atoms with Crippen LogP contribution in [0, 0.1) is 0 Å². The zero-order valence-electron chi connectivity index (χ0n) is 11.9. The number of benzene rings is 2. The maximum atomic E-state index is 10.5. The van der Waals surface area contributed by atoms with E-state index in [0.29, 0.717) is 0 Å². The second-order valence-corrected chi connectivity index (χ2v) is 5.89. The highest BCUT2D eigenvalue weighted by molar-refractivity contribution is 7.15. The van der Waals surface area contributed by atoms with Crippen molar-refractivity contribution in [1.29, 1.82) is 0 Å². The van der Waals surface area contributed by atoms with E-state index in [-0.39, 0.29) is 0 Å². The summed E-state index contributed by atoms with van der Waals surface area (Å²) in [7, 11) is 0. The molecule has 3 heteroatoms. The molecule has 0 saturated carbocycles. The fraction of sp³-hybridized carbons (Fsp3) is 0.167. The van der Waals surface area contributed by atoms with E-state index in [9.17, 15) is 5.11 Å². The number of aryl methyl sites for hydroxylation is 1. The van der Waals surface area contributed by atoms with Gasteiger partial charge in [0.25, 0.3) is 0 Å². The molecule has 0 bridgehead atoms. The van der Waals surface area contributed by atoms with Gasteiger partial charge >= 0.3 is 0 Å². The van der Waals surface area contributed by atoms with Crippen molar-refractivity contribution >= 4 is 11.3 Å². The summed E-state index contributed by atoms with van der Waals surface area (Å²) in [6.45, 7) is 2.10. The van der Waals surface area contributed by atoms with Crippen molar-refractivity contribution in [3.8, 4) is 10.4 Å². The largest absolute Gasteiger partial charge is 0.381 e. The van der Waals surface area contributed by atoms with Gasteiger partial charge in [-0.2, -0.15) is 0 Å². The molecule has 2 nitrogen and oxygen atoms in total. The first-order valence-electron chi connectivity index (χ1n) is 7.07. The van der Waals surface area contributed by atoms with Crippen LogP contribution in [-0.2, 0) is 6.42 Å². The minimum Gasteiger partial charge on any atom is -0.381 e. The molecule has 3 rings (SSSR count). The first kappa shape index (κ1) is 14.0. The monoisotopic (exact) mass is 295 g/mol. The van der Waals surface area contributed by atoms with Crippen LogP contribution < -0.4 is 0 Å². The quantitative estimate of drug-likeness (QED) is 0.771. The highest BCUT2D eigenvalue weighted by Crippen LogP contribution is 2.35. The second-order valence-electron chi connectivity index (χ2n) is 4.86. The Balaban J connectivity index is 2.00. The Kier molecular flexibility index (Phi) is 4.13. The van der Waals surface area contributed by atoms with E-state index < -0.39 is 6.10 Å². The number of aliphatic hydroxyl groups excluding tert-OH is 1. The Morgan fingerprint density at radius 2 is 1.62 bits per heavy atom. The smallest absolute Gasteiger partial charge is 0.131 e. The van der Waals surface area contributed by atoms with Crippen molar-refractivity contribution in [3.63, 3.8) is 0 Å². The molecule has 0 aliphatic carbocycles. The maximum absolute atomic E-state index is 10.5. The van der Waals surface area contributed by atoms with Crippen molar-refractivity contribution in [3.05, 3.63) is 76.9 Å². The molecular formula is C18H17NOS. The van der Waals surface area contributed by atoms with Crippen LogP contribution in [-0.4, -0.2) is 10.1 Å². The lowest BCUT2D eigenvalue weighted by Crippen LogP contribution is -1.98. The van der Waals surface area contributed by atoms with E-state index in [0.717, 1.165) is 27.6 Å². The lowest BCUT2D eigenvalue weighted by atomic mass is 10.1. The molecule has 1 aromatic heterocycles. The topological polar surface area (TPSA) is 33.1 Å². The minimum atomic E-state index is -0.654. The predicted octanol–water partition coefficient (Wildman–Crippen LogP) is 4.45. The summed E-state index contributed by atoms with van der Waals surface area (Å²) in [6.07, 6.45) is 0.210. The van der Waals surface area contributed by atoms with Crippen LogP contribution in [0.1, 0.15) is 29.3 Å². The Bertz CT molecular complexity index is 707. The second kappa shape index (κ2) is 6.20. The number of hydrogen-bond donors (Lipinski definition) is 1. The molecule has 1 heterocycles. The van der Waals surface area contributed by atoms with E-state index >= 15 is 0 Å². The van der Waals surface area contributed by atoms with Gasteiger partial charge in [0.15, 0.2) is 0 Å². The van der Waals surface area contributed by atoms with Gasteiger partial charge in [-0.05, 0) is 17.5 Å². The van der Waals surface area contributed by atoms with Gasteiger partial charge in [-0.25, -0.2) is 4.98 Å². The van der Waals surface area contributed by atoms with Crippen molar-refractivity contribution < 1.29 is 5.11 Å². The zero-order chi connectivity index (χ0) is 14.7. The van der Waals surface area contributed by atoms with E-state index in [1.165, 1.54) is 5.56 Å². The summed E-state index contributed by atoms with van der Waals surface area (Å²) in [4.78, 5) is 5.81. The Morgan fingerprint density at radius 3 is 2.24 bits per heavy atom. The van der Waals surface area contributed by atoms with Crippen molar-refractivity contribution in [2.75, 3.05) is 0 Å². The number of aromatic nitrogens is 1. The number of thiazole rings is 1. The van der Waals surface area contributed by atoms with E-state index in [1.807, 2.05) is 48.5 Å². The van der Waals surface area contributed by atoms with Gasteiger partial charge in [-0.3, -0.25) is 0 Å². The third-order valence-electron chi connectivity index (χ3n) is 3.43. The Labute approximate surface area is 128 Å². The van der Waals surface area contributed by atoms with Gasteiger partial charge in [-0.1, -0.05) is 67.6 Å². The summed E-state index contributed by atoms with van der Waals surface area (Å²) in [5.74, 6) is 0.